The smallest absolute Gasteiger partial charge is 0.166 e. The Bertz CT molecular complexity index is 319. The summed E-state index contributed by atoms with van der Waals surface area (Å²) in [6.45, 7) is 2.17. The van der Waals surface area contributed by atoms with Crippen molar-refractivity contribution in [3.63, 3.8) is 0 Å². The molecule has 0 saturated carbocycles. The third kappa shape index (κ3) is 4.70. The first-order valence-corrected chi connectivity index (χ1v) is 6.40. The van der Waals surface area contributed by atoms with Crippen LogP contribution in [0.4, 0.5) is 0 Å². The van der Waals surface area contributed by atoms with Gasteiger partial charge in [-0.25, -0.2) is 0 Å². The Morgan fingerprint density at radius 1 is 1.18 bits per heavy atom. The number of hydrogen-bond acceptors (Lipinski definition) is 2. The van der Waals surface area contributed by atoms with Crippen LogP contribution in [0.3, 0.4) is 0 Å². The molecule has 0 aliphatic heterocycles. The third-order valence-electron chi connectivity index (χ3n) is 2.91. The van der Waals surface area contributed by atoms with E-state index in [2.05, 4.69) is 6.92 Å². The van der Waals surface area contributed by atoms with Crippen molar-refractivity contribution >= 4 is 5.78 Å². The van der Waals surface area contributed by atoms with E-state index >= 15 is 0 Å². The van der Waals surface area contributed by atoms with E-state index in [0.717, 1.165) is 18.4 Å². The van der Waals surface area contributed by atoms with Crippen LogP contribution in [0.5, 0.6) is 0 Å². The van der Waals surface area contributed by atoms with Crippen LogP contribution in [-0.4, -0.2) is 12.9 Å². The maximum absolute atomic E-state index is 12.0. The van der Waals surface area contributed by atoms with Gasteiger partial charge in [0, 0.05) is 13.5 Å². The average Bonchev–Trinajstić information content (AvgIpc) is 2.37. The van der Waals surface area contributed by atoms with E-state index in [-0.39, 0.29) is 5.78 Å². The Morgan fingerprint density at radius 3 is 2.47 bits per heavy atom. The summed E-state index contributed by atoms with van der Waals surface area (Å²) in [7, 11) is 1.60. The van der Waals surface area contributed by atoms with Gasteiger partial charge in [-0.2, -0.15) is 0 Å². The van der Waals surface area contributed by atoms with E-state index in [4.69, 9.17) is 4.74 Å². The van der Waals surface area contributed by atoms with Gasteiger partial charge < -0.3 is 4.74 Å². The highest BCUT2D eigenvalue weighted by Crippen LogP contribution is 2.20. The molecule has 1 aromatic rings. The summed E-state index contributed by atoms with van der Waals surface area (Å²) < 4.78 is 5.31. The molecule has 0 radical (unpaired) electrons. The van der Waals surface area contributed by atoms with E-state index in [1.807, 2.05) is 30.3 Å². The second kappa shape index (κ2) is 8.02. The van der Waals surface area contributed by atoms with Gasteiger partial charge in [0.1, 0.15) is 6.10 Å². The van der Waals surface area contributed by atoms with E-state index in [1.165, 1.54) is 12.8 Å². The zero-order valence-electron chi connectivity index (χ0n) is 10.8. The van der Waals surface area contributed by atoms with Crippen molar-refractivity contribution < 1.29 is 9.53 Å². The lowest BCUT2D eigenvalue weighted by atomic mass is 10.0. The van der Waals surface area contributed by atoms with Crippen LogP contribution >= 0.6 is 0 Å². The summed E-state index contributed by atoms with van der Waals surface area (Å²) in [6, 6.07) is 9.70. The molecular weight excluding hydrogens is 212 g/mol. The average molecular weight is 234 g/mol. The standard InChI is InChI=1S/C15H22O2/c1-3-4-5-9-12-14(16)15(17-2)13-10-7-6-8-11-13/h6-8,10-11,15H,3-5,9,12H2,1-2H3. The highest BCUT2D eigenvalue weighted by atomic mass is 16.5. The van der Waals surface area contributed by atoms with E-state index in [1.54, 1.807) is 7.11 Å². The Balaban J connectivity index is 2.48. The Kier molecular flexibility index (Phi) is 6.56. The maximum atomic E-state index is 12.0. The van der Waals surface area contributed by atoms with Gasteiger partial charge in [-0.15, -0.1) is 0 Å². The first kappa shape index (κ1) is 13.9. The largest absolute Gasteiger partial charge is 0.369 e. The van der Waals surface area contributed by atoms with Gasteiger partial charge in [-0.3, -0.25) is 4.79 Å². The minimum atomic E-state index is -0.391. The van der Waals surface area contributed by atoms with Gasteiger partial charge >= 0.3 is 0 Å². The fraction of sp³-hybridized carbons (Fsp3) is 0.533. The van der Waals surface area contributed by atoms with Crippen molar-refractivity contribution in [2.24, 2.45) is 0 Å². The van der Waals surface area contributed by atoms with Gasteiger partial charge in [0.15, 0.2) is 5.78 Å². The SMILES string of the molecule is CCCCCCC(=O)C(OC)c1ccccc1. The molecule has 0 fully saturated rings. The number of ether oxygens (including phenoxy) is 1. The lowest BCUT2D eigenvalue weighted by molar-refractivity contribution is -0.129. The zero-order valence-corrected chi connectivity index (χ0v) is 10.8. The van der Waals surface area contributed by atoms with Crippen molar-refractivity contribution in [1.82, 2.24) is 0 Å². The Morgan fingerprint density at radius 2 is 1.88 bits per heavy atom. The highest BCUT2D eigenvalue weighted by Gasteiger charge is 2.18. The van der Waals surface area contributed by atoms with E-state index < -0.39 is 6.10 Å². The van der Waals surface area contributed by atoms with Crippen LogP contribution in [0.1, 0.15) is 50.7 Å². The molecule has 0 heterocycles. The van der Waals surface area contributed by atoms with Crippen LogP contribution in [-0.2, 0) is 9.53 Å². The van der Waals surface area contributed by atoms with Gasteiger partial charge in [0.2, 0.25) is 0 Å². The lowest BCUT2D eigenvalue weighted by Gasteiger charge is -2.14. The molecule has 1 atom stereocenters. The second-order valence-electron chi connectivity index (χ2n) is 4.30. The summed E-state index contributed by atoms with van der Waals surface area (Å²) in [5.74, 6) is 0.190. The van der Waals surface area contributed by atoms with Gasteiger partial charge in [0.05, 0.1) is 0 Å². The number of unbranched alkanes of at least 4 members (excludes halogenated alkanes) is 3. The van der Waals surface area contributed by atoms with Crippen molar-refractivity contribution in [1.29, 1.82) is 0 Å². The van der Waals surface area contributed by atoms with Crippen LogP contribution in [0.15, 0.2) is 30.3 Å². The fourth-order valence-corrected chi connectivity index (χ4v) is 1.94. The molecule has 0 aliphatic rings. The molecule has 0 N–H and O–H groups in total. The molecule has 0 saturated heterocycles. The van der Waals surface area contributed by atoms with Gasteiger partial charge in [-0.1, -0.05) is 56.5 Å². The molecule has 0 amide bonds. The van der Waals surface area contributed by atoms with Gasteiger partial charge in [0.25, 0.3) is 0 Å². The topological polar surface area (TPSA) is 26.3 Å². The van der Waals surface area contributed by atoms with Crippen LogP contribution in [0.2, 0.25) is 0 Å². The highest BCUT2D eigenvalue weighted by molar-refractivity contribution is 5.84. The van der Waals surface area contributed by atoms with Crippen molar-refractivity contribution in [2.45, 2.75) is 45.1 Å². The Hall–Kier alpha value is -1.15. The quantitative estimate of drug-likeness (QED) is 0.637. The number of carbonyl (C=O) groups is 1. The van der Waals surface area contributed by atoms with E-state index in [0.29, 0.717) is 6.42 Å². The fourth-order valence-electron chi connectivity index (χ4n) is 1.94. The second-order valence-corrected chi connectivity index (χ2v) is 4.30. The van der Waals surface area contributed by atoms with Crippen molar-refractivity contribution in [3.8, 4) is 0 Å². The predicted molar refractivity (Wildman–Crippen MR) is 70.0 cm³/mol. The summed E-state index contributed by atoms with van der Waals surface area (Å²) in [5, 5.41) is 0. The molecule has 0 aromatic heterocycles. The number of benzene rings is 1. The molecule has 0 aliphatic carbocycles. The first-order valence-electron chi connectivity index (χ1n) is 6.40. The molecule has 1 aromatic carbocycles. The van der Waals surface area contributed by atoms with Gasteiger partial charge in [-0.05, 0) is 12.0 Å². The normalized spacial score (nSPS) is 12.4. The number of Topliss-reactive ketones (excluding diaryl/α,β-unsaturated/α-hetero) is 1. The number of carbonyl (C=O) groups excluding carboxylic acids is 1. The first-order chi connectivity index (χ1) is 8.29. The molecule has 17 heavy (non-hydrogen) atoms. The summed E-state index contributed by atoms with van der Waals surface area (Å²) in [6.07, 6.45) is 4.73. The molecule has 94 valence electrons. The minimum absolute atomic E-state index is 0.190. The van der Waals surface area contributed by atoms with Crippen LogP contribution in [0, 0.1) is 0 Å². The summed E-state index contributed by atoms with van der Waals surface area (Å²) in [4.78, 5) is 12.0. The zero-order chi connectivity index (χ0) is 12.5. The molecule has 2 heteroatoms. The van der Waals surface area contributed by atoms with Crippen LogP contribution < -0.4 is 0 Å². The molecule has 1 unspecified atom stereocenters. The lowest BCUT2D eigenvalue weighted by Crippen LogP contribution is -2.14. The summed E-state index contributed by atoms with van der Waals surface area (Å²) >= 11 is 0. The maximum Gasteiger partial charge on any atom is 0.166 e. The van der Waals surface area contributed by atoms with Crippen molar-refractivity contribution in [2.75, 3.05) is 7.11 Å². The monoisotopic (exact) mass is 234 g/mol. The number of methoxy groups -OCH3 is 1. The molecule has 0 spiro atoms. The molecule has 0 bridgehead atoms. The van der Waals surface area contributed by atoms with E-state index in [9.17, 15) is 4.79 Å². The van der Waals surface area contributed by atoms with Crippen molar-refractivity contribution in [3.05, 3.63) is 35.9 Å². The Labute approximate surface area is 104 Å². The number of ketones is 1. The van der Waals surface area contributed by atoms with Crippen LogP contribution in [0.25, 0.3) is 0 Å². The number of rotatable bonds is 8. The third-order valence-corrected chi connectivity index (χ3v) is 2.91. The summed E-state index contributed by atoms with van der Waals surface area (Å²) in [5.41, 5.74) is 0.954. The molecular formula is C15H22O2. The molecule has 2 nitrogen and oxygen atoms in total. The molecule has 1 rings (SSSR count). The predicted octanol–water partition coefficient (Wildman–Crippen LogP) is 3.91. The number of hydrogen-bond donors (Lipinski definition) is 0. The minimum Gasteiger partial charge on any atom is -0.369 e.